The predicted octanol–water partition coefficient (Wildman–Crippen LogP) is 4.27. The number of aromatic amines is 1. The Labute approximate surface area is 118 Å². The molecule has 0 saturated heterocycles. The quantitative estimate of drug-likeness (QED) is 0.855. The normalized spacial score (nSPS) is 10.4. The Bertz CT molecular complexity index is 563. The van der Waals surface area contributed by atoms with Crippen molar-refractivity contribution in [2.75, 3.05) is 6.61 Å². The summed E-state index contributed by atoms with van der Waals surface area (Å²) in [6.07, 6.45) is 1.63. The zero-order valence-electron chi connectivity index (χ0n) is 9.67. The Balaban J connectivity index is 2.46. The van der Waals surface area contributed by atoms with Crippen LogP contribution in [0.15, 0.2) is 35.1 Å². The van der Waals surface area contributed by atoms with Crippen molar-refractivity contribution in [2.24, 2.45) is 0 Å². The van der Waals surface area contributed by atoms with Crippen LogP contribution in [-0.4, -0.2) is 17.6 Å². The Morgan fingerprint density at radius 3 is 2.67 bits per heavy atom. The maximum atomic E-state index is 11.8. The molecule has 1 N–H and O–H groups in total. The van der Waals surface area contributed by atoms with Gasteiger partial charge in [-0.05, 0) is 40.5 Å². The summed E-state index contributed by atoms with van der Waals surface area (Å²) < 4.78 is 5.76. The van der Waals surface area contributed by atoms with E-state index < -0.39 is 0 Å². The highest BCUT2D eigenvalue weighted by Crippen LogP contribution is 2.32. The van der Waals surface area contributed by atoms with E-state index in [1.54, 1.807) is 25.3 Å². The minimum absolute atomic E-state index is 0.343. The molecule has 2 rings (SSSR count). The molecule has 94 valence electrons. The van der Waals surface area contributed by atoms with Crippen LogP contribution in [0.3, 0.4) is 0 Å². The predicted molar refractivity (Wildman–Crippen MR) is 74.9 cm³/mol. The van der Waals surface area contributed by atoms with Gasteiger partial charge in [0.2, 0.25) is 0 Å². The molecule has 0 saturated carbocycles. The SMILES string of the molecule is CCOC(=O)c1c[nH]c(Br)c1-c1ccc(Cl)cc1. The van der Waals surface area contributed by atoms with E-state index >= 15 is 0 Å². The summed E-state index contributed by atoms with van der Waals surface area (Å²) in [6.45, 7) is 2.13. The lowest BCUT2D eigenvalue weighted by Gasteiger charge is -2.05. The number of aromatic nitrogens is 1. The van der Waals surface area contributed by atoms with Gasteiger partial charge in [-0.1, -0.05) is 23.7 Å². The van der Waals surface area contributed by atoms with Gasteiger partial charge in [0.15, 0.2) is 0 Å². The van der Waals surface area contributed by atoms with Crippen molar-refractivity contribution in [3.63, 3.8) is 0 Å². The molecule has 3 nitrogen and oxygen atoms in total. The minimum atomic E-state index is -0.343. The first-order chi connectivity index (χ1) is 8.63. The maximum absolute atomic E-state index is 11.8. The van der Waals surface area contributed by atoms with E-state index in [2.05, 4.69) is 20.9 Å². The molecule has 0 bridgehead atoms. The van der Waals surface area contributed by atoms with Crippen LogP contribution < -0.4 is 0 Å². The second-order valence-electron chi connectivity index (χ2n) is 3.62. The number of carbonyl (C=O) groups is 1. The van der Waals surface area contributed by atoms with Gasteiger partial charge in [-0.25, -0.2) is 4.79 Å². The summed E-state index contributed by atoms with van der Waals surface area (Å²) in [5.74, 6) is -0.343. The maximum Gasteiger partial charge on any atom is 0.340 e. The molecule has 1 aromatic heterocycles. The molecule has 1 aromatic carbocycles. The van der Waals surface area contributed by atoms with Gasteiger partial charge >= 0.3 is 5.97 Å². The molecule has 0 aliphatic heterocycles. The molecule has 18 heavy (non-hydrogen) atoms. The number of hydrogen-bond donors (Lipinski definition) is 1. The van der Waals surface area contributed by atoms with Crippen LogP contribution >= 0.6 is 27.5 Å². The number of halogens is 2. The summed E-state index contributed by atoms with van der Waals surface area (Å²) in [7, 11) is 0. The number of ether oxygens (including phenoxy) is 1. The Hall–Kier alpha value is -1.26. The molecule has 0 atom stereocenters. The van der Waals surface area contributed by atoms with E-state index in [1.807, 2.05) is 12.1 Å². The van der Waals surface area contributed by atoms with Gasteiger partial charge in [-0.3, -0.25) is 0 Å². The highest BCUT2D eigenvalue weighted by Gasteiger charge is 2.18. The number of esters is 1. The average Bonchev–Trinajstić information content (AvgIpc) is 2.73. The van der Waals surface area contributed by atoms with Crippen molar-refractivity contribution in [3.05, 3.63) is 45.7 Å². The molecule has 1 heterocycles. The topological polar surface area (TPSA) is 42.1 Å². The van der Waals surface area contributed by atoms with Crippen LogP contribution in [-0.2, 0) is 4.74 Å². The van der Waals surface area contributed by atoms with Crippen LogP contribution in [0.5, 0.6) is 0 Å². The van der Waals surface area contributed by atoms with Crippen molar-refractivity contribution in [2.45, 2.75) is 6.92 Å². The van der Waals surface area contributed by atoms with E-state index in [-0.39, 0.29) is 5.97 Å². The van der Waals surface area contributed by atoms with Crippen LogP contribution in [0.2, 0.25) is 5.02 Å². The van der Waals surface area contributed by atoms with E-state index in [0.717, 1.165) is 15.7 Å². The van der Waals surface area contributed by atoms with Gasteiger partial charge in [0.25, 0.3) is 0 Å². The monoisotopic (exact) mass is 327 g/mol. The molecule has 5 heteroatoms. The fourth-order valence-corrected chi connectivity index (χ4v) is 2.35. The molecular formula is C13H11BrClNO2. The second-order valence-corrected chi connectivity index (χ2v) is 4.85. The molecule has 0 radical (unpaired) electrons. The molecule has 0 aliphatic carbocycles. The van der Waals surface area contributed by atoms with E-state index in [1.165, 1.54) is 0 Å². The number of hydrogen-bond acceptors (Lipinski definition) is 2. The zero-order chi connectivity index (χ0) is 13.1. The highest BCUT2D eigenvalue weighted by atomic mass is 79.9. The number of benzene rings is 1. The van der Waals surface area contributed by atoms with Crippen LogP contribution in [0.1, 0.15) is 17.3 Å². The van der Waals surface area contributed by atoms with E-state index in [9.17, 15) is 4.79 Å². The smallest absolute Gasteiger partial charge is 0.340 e. The molecule has 0 unspecified atom stereocenters. The molecule has 0 aliphatic rings. The Morgan fingerprint density at radius 2 is 2.06 bits per heavy atom. The lowest BCUT2D eigenvalue weighted by Crippen LogP contribution is -2.04. The number of carbonyl (C=O) groups excluding carboxylic acids is 1. The molecule has 0 amide bonds. The van der Waals surface area contributed by atoms with Crippen molar-refractivity contribution < 1.29 is 9.53 Å². The van der Waals surface area contributed by atoms with Gasteiger partial charge < -0.3 is 9.72 Å². The number of nitrogens with one attached hydrogen (secondary N) is 1. The van der Waals surface area contributed by atoms with Crippen LogP contribution in [0.25, 0.3) is 11.1 Å². The van der Waals surface area contributed by atoms with Gasteiger partial charge in [0, 0.05) is 16.8 Å². The molecule has 2 aromatic rings. The largest absolute Gasteiger partial charge is 0.462 e. The van der Waals surface area contributed by atoms with Gasteiger partial charge in [0.05, 0.1) is 16.8 Å². The second kappa shape index (κ2) is 5.59. The highest BCUT2D eigenvalue weighted by molar-refractivity contribution is 9.10. The summed E-state index contributed by atoms with van der Waals surface area (Å²) in [5.41, 5.74) is 2.19. The lowest BCUT2D eigenvalue weighted by atomic mass is 10.1. The third-order valence-electron chi connectivity index (χ3n) is 2.46. The zero-order valence-corrected chi connectivity index (χ0v) is 12.0. The van der Waals surface area contributed by atoms with Crippen molar-refractivity contribution in [1.29, 1.82) is 0 Å². The minimum Gasteiger partial charge on any atom is -0.462 e. The van der Waals surface area contributed by atoms with E-state index in [4.69, 9.17) is 16.3 Å². The van der Waals surface area contributed by atoms with Gasteiger partial charge in [-0.2, -0.15) is 0 Å². The number of rotatable bonds is 3. The first-order valence-electron chi connectivity index (χ1n) is 5.43. The summed E-state index contributed by atoms with van der Waals surface area (Å²) in [5, 5.41) is 0.656. The van der Waals surface area contributed by atoms with Crippen molar-refractivity contribution in [1.82, 2.24) is 4.98 Å². The Kier molecular flexibility index (Phi) is 4.09. The third-order valence-corrected chi connectivity index (χ3v) is 3.34. The molecule has 0 fully saturated rings. The van der Waals surface area contributed by atoms with Crippen molar-refractivity contribution >= 4 is 33.5 Å². The first kappa shape index (κ1) is 13.2. The van der Waals surface area contributed by atoms with Gasteiger partial charge in [-0.15, -0.1) is 0 Å². The fraction of sp³-hybridized carbons (Fsp3) is 0.154. The number of H-pyrrole nitrogens is 1. The first-order valence-corrected chi connectivity index (χ1v) is 6.60. The standard InChI is InChI=1S/C13H11BrClNO2/c1-2-18-13(17)10-7-16-12(14)11(10)8-3-5-9(15)6-4-8/h3-7,16H,2H2,1H3. The van der Waals surface area contributed by atoms with Gasteiger partial charge in [0.1, 0.15) is 0 Å². The Morgan fingerprint density at radius 1 is 1.39 bits per heavy atom. The summed E-state index contributed by atoms with van der Waals surface area (Å²) in [6, 6.07) is 7.29. The van der Waals surface area contributed by atoms with E-state index in [0.29, 0.717) is 17.2 Å². The average molecular weight is 329 g/mol. The summed E-state index contributed by atoms with van der Waals surface area (Å²) >= 11 is 9.25. The lowest BCUT2D eigenvalue weighted by molar-refractivity contribution is 0.0527. The van der Waals surface area contributed by atoms with Crippen LogP contribution in [0, 0.1) is 0 Å². The molecule has 0 spiro atoms. The third kappa shape index (κ3) is 2.60. The molecular weight excluding hydrogens is 318 g/mol. The fourth-order valence-electron chi connectivity index (χ4n) is 1.67. The van der Waals surface area contributed by atoms with Crippen molar-refractivity contribution in [3.8, 4) is 11.1 Å². The summed E-state index contributed by atoms with van der Waals surface area (Å²) in [4.78, 5) is 14.8. The van der Waals surface area contributed by atoms with Crippen LogP contribution in [0.4, 0.5) is 0 Å².